The van der Waals surface area contributed by atoms with Crippen molar-refractivity contribution in [2.24, 2.45) is 5.92 Å². The van der Waals surface area contributed by atoms with Gasteiger partial charge in [0.1, 0.15) is 10.6 Å². The van der Waals surface area contributed by atoms with Crippen LogP contribution in [0.2, 0.25) is 0 Å². The Morgan fingerprint density at radius 1 is 1.21 bits per heavy atom. The molecule has 0 bridgehead atoms. The van der Waals surface area contributed by atoms with Gasteiger partial charge in [0.05, 0.1) is 7.11 Å². The van der Waals surface area contributed by atoms with E-state index >= 15 is 0 Å². The van der Waals surface area contributed by atoms with Gasteiger partial charge in [0, 0.05) is 29.3 Å². The average Bonchev–Trinajstić information content (AvgIpc) is 2.68. The first-order valence-corrected chi connectivity index (χ1v) is 11.8. The van der Waals surface area contributed by atoms with Crippen molar-refractivity contribution in [2.75, 3.05) is 25.1 Å². The van der Waals surface area contributed by atoms with Crippen LogP contribution in [0, 0.1) is 5.92 Å². The van der Waals surface area contributed by atoms with Crippen molar-refractivity contribution >= 4 is 31.6 Å². The van der Waals surface area contributed by atoms with Crippen LogP contribution in [-0.2, 0) is 10.0 Å². The topological polar surface area (TPSA) is 58.6 Å². The molecular formula is C21H27BrN2O3S. The van der Waals surface area contributed by atoms with Gasteiger partial charge in [0.15, 0.2) is 0 Å². The van der Waals surface area contributed by atoms with Crippen LogP contribution in [0.15, 0.2) is 51.8 Å². The molecule has 0 radical (unpaired) electrons. The first kappa shape index (κ1) is 21.1. The van der Waals surface area contributed by atoms with E-state index in [2.05, 4.69) is 44.6 Å². The average molecular weight is 467 g/mol. The molecule has 0 amide bonds. The number of hydrogen-bond acceptors (Lipinski definition) is 4. The summed E-state index contributed by atoms with van der Waals surface area (Å²) in [5.41, 5.74) is 2.12. The molecule has 152 valence electrons. The Labute approximate surface area is 176 Å². The first-order chi connectivity index (χ1) is 13.3. The monoisotopic (exact) mass is 466 g/mol. The molecule has 7 heteroatoms. The van der Waals surface area contributed by atoms with E-state index in [0.29, 0.717) is 16.1 Å². The fourth-order valence-corrected chi connectivity index (χ4v) is 5.56. The summed E-state index contributed by atoms with van der Waals surface area (Å²) in [6.45, 7) is 6.28. The molecule has 5 nitrogen and oxygen atoms in total. The zero-order valence-corrected chi connectivity index (χ0v) is 18.9. The number of rotatable bonds is 6. The minimum atomic E-state index is -3.73. The molecule has 0 aromatic heterocycles. The third-order valence-electron chi connectivity index (χ3n) is 5.16. The summed E-state index contributed by atoms with van der Waals surface area (Å²) >= 11 is 3.33. The lowest BCUT2D eigenvalue weighted by Gasteiger charge is -2.33. The van der Waals surface area contributed by atoms with E-state index in [1.165, 1.54) is 25.6 Å². The minimum Gasteiger partial charge on any atom is -0.495 e. The van der Waals surface area contributed by atoms with Gasteiger partial charge in [0.25, 0.3) is 0 Å². The van der Waals surface area contributed by atoms with Gasteiger partial charge < -0.3 is 9.64 Å². The van der Waals surface area contributed by atoms with E-state index in [9.17, 15) is 8.42 Å². The maximum Gasteiger partial charge on any atom is 0.244 e. The molecule has 0 unspecified atom stereocenters. The first-order valence-electron chi connectivity index (χ1n) is 9.51. The molecular weight excluding hydrogens is 440 g/mol. The zero-order valence-electron chi connectivity index (χ0n) is 16.5. The van der Waals surface area contributed by atoms with Crippen molar-refractivity contribution in [3.8, 4) is 5.75 Å². The van der Waals surface area contributed by atoms with E-state index in [1.54, 1.807) is 18.2 Å². The Balaban J connectivity index is 1.75. The van der Waals surface area contributed by atoms with Crippen molar-refractivity contribution < 1.29 is 13.2 Å². The van der Waals surface area contributed by atoms with Crippen LogP contribution >= 0.6 is 15.9 Å². The van der Waals surface area contributed by atoms with Gasteiger partial charge in [-0.25, -0.2) is 13.1 Å². The zero-order chi connectivity index (χ0) is 20.3. The highest BCUT2D eigenvalue weighted by atomic mass is 79.9. The van der Waals surface area contributed by atoms with Crippen molar-refractivity contribution in [2.45, 2.75) is 37.6 Å². The van der Waals surface area contributed by atoms with Gasteiger partial charge >= 0.3 is 0 Å². The lowest BCUT2D eigenvalue weighted by Crippen LogP contribution is -2.34. The van der Waals surface area contributed by atoms with Crippen molar-refractivity contribution in [1.29, 1.82) is 0 Å². The number of piperidine rings is 1. The van der Waals surface area contributed by atoms with E-state index in [-0.39, 0.29) is 10.9 Å². The molecule has 1 fully saturated rings. The fourth-order valence-electron chi connectivity index (χ4n) is 3.62. The predicted octanol–water partition coefficient (Wildman–Crippen LogP) is 4.73. The molecule has 2 aromatic rings. The summed E-state index contributed by atoms with van der Waals surface area (Å²) in [7, 11) is -2.26. The lowest BCUT2D eigenvalue weighted by molar-refractivity contribution is 0.402. The van der Waals surface area contributed by atoms with Gasteiger partial charge in [-0.05, 0) is 61.6 Å². The number of sulfonamides is 1. The summed E-state index contributed by atoms with van der Waals surface area (Å²) in [6, 6.07) is 12.7. The summed E-state index contributed by atoms with van der Waals surface area (Å²) in [5.74, 6) is 1.02. The Kier molecular flexibility index (Phi) is 6.68. The van der Waals surface area contributed by atoms with Gasteiger partial charge in [-0.3, -0.25) is 0 Å². The predicted molar refractivity (Wildman–Crippen MR) is 116 cm³/mol. The number of anilines is 1. The van der Waals surface area contributed by atoms with Crippen LogP contribution < -0.4 is 14.4 Å². The SMILES string of the molecule is COc1ccc(Br)cc1S(=O)(=O)N[C@@H](C)c1ccc(N2CCC[C@@H](C)C2)cc1. The van der Waals surface area contributed by atoms with Crippen molar-refractivity contribution in [3.63, 3.8) is 0 Å². The molecule has 1 heterocycles. The van der Waals surface area contributed by atoms with E-state index < -0.39 is 10.0 Å². The van der Waals surface area contributed by atoms with E-state index in [1.807, 2.05) is 19.1 Å². The van der Waals surface area contributed by atoms with Crippen LogP contribution in [-0.4, -0.2) is 28.6 Å². The highest BCUT2D eigenvalue weighted by molar-refractivity contribution is 9.10. The van der Waals surface area contributed by atoms with Crippen LogP contribution in [0.1, 0.15) is 38.3 Å². The fraction of sp³-hybridized carbons (Fsp3) is 0.429. The number of methoxy groups -OCH3 is 1. The number of nitrogens with zero attached hydrogens (tertiary/aromatic N) is 1. The van der Waals surface area contributed by atoms with Crippen LogP contribution in [0.4, 0.5) is 5.69 Å². The maximum absolute atomic E-state index is 12.9. The molecule has 28 heavy (non-hydrogen) atoms. The Morgan fingerprint density at radius 3 is 2.57 bits per heavy atom. The molecule has 0 aliphatic carbocycles. The maximum atomic E-state index is 12.9. The molecule has 0 saturated carbocycles. The standard InChI is InChI=1S/C21H27BrN2O3S/c1-15-5-4-12-24(14-15)19-9-6-17(7-10-19)16(2)23-28(25,26)21-13-18(22)8-11-20(21)27-3/h6-11,13,15-16,23H,4-5,12,14H2,1-3H3/t15-,16+/m1/s1. The second-order valence-corrected chi connectivity index (χ2v) is 10.0. The molecule has 1 N–H and O–H groups in total. The number of benzene rings is 2. The third kappa shape index (κ3) is 4.88. The lowest BCUT2D eigenvalue weighted by atomic mass is 9.99. The summed E-state index contributed by atoms with van der Waals surface area (Å²) in [4.78, 5) is 2.52. The molecule has 2 aromatic carbocycles. The second-order valence-electron chi connectivity index (χ2n) is 7.42. The second kappa shape index (κ2) is 8.84. The largest absolute Gasteiger partial charge is 0.495 e. The molecule has 1 aliphatic rings. The minimum absolute atomic E-state index is 0.121. The highest BCUT2D eigenvalue weighted by Crippen LogP contribution is 2.29. The van der Waals surface area contributed by atoms with Gasteiger partial charge in [0.2, 0.25) is 10.0 Å². The Morgan fingerprint density at radius 2 is 1.93 bits per heavy atom. The molecule has 2 atom stereocenters. The molecule has 3 rings (SSSR count). The van der Waals surface area contributed by atoms with Crippen LogP contribution in [0.5, 0.6) is 5.75 Å². The highest BCUT2D eigenvalue weighted by Gasteiger charge is 2.23. The van der Waals surface area contributed by atoms with Gasteiger partial charge in [-0.1, -0.05) is 35.0 Å². The summed E-state index contributed by atoms with van der Waals surface area (Å²) in [5, 5.41) is 0. The molecule has 1 aliphatic heterocycles. The third-order valence-corrected chi connectivity index (χ3v) is 7.22. The molecule has 1 saturated heterocycles. The van der Waals surface area contributed by atoms with Crippen LogP contribution in [0.25, 0.3) is 0 Å². The van der Waals surface area contributed by atoms with E-state index in [4.69, 9.17) is 4.74 Å². The quantitative estimate of drug-likeness (QED) is 0.667. The van der Waals surface area contributed by atoms with E-state index in [0.717, 1.165) is 18.7 Å². The number of halogens is 1. The molecule has 0 spiro atoms. The van der Waals surface area contributed by atoms with Crippen molar-refractivity contribution in [1.82, 2.24) is 4.72 Å². The smallest absolute Gasteiger partial charge is 0.244 e. The normalized spacial score (nSPS) is 18.7. The van der Waals surface area contributed by atoms with Crippen molar-refractivity contribution in [3.05, 3.63) is 52.5 Å². The van der Waals surface area contributed by atoms with Crippen LogP contribution in [0.3, 0.4) is 0 Å². The summed E-state index contributed by atoms with van der Waals surface area (Å²) in [6.07, 6.45) is 2.50. The summed E-state index contributed by atoms with van der Waals surface area (Å²) < 4.78 is 34.4. The number of ether oxygens (including phenoxy) is 1. The van der Waals surface area contributed by atoms with Gasteiger partial charge in [-0.2, -0.15) is 0 Å². The Hall–Kier alpha value is -1.57. The number of nitrogens with one attached hydrogen (secondary N) is 1. The Bertz CT molecular complexity index is 916. The number of hydrogen-bond donors (Lipinski definition) is 1. The van der Waals surface area contributed by atoms with Gasteiger partial charge in [-0.15, -0.1) is 0 Å².